The van der Waals surface area contributed by atoms with Crippen LogP contribution in [0.5, 0.6) is 5.75 Å². The Balaban J connectivity index is 1.56. The Bertz CT molecular complexity index is 1600. The molecule has 0 unspecified atom stereocenters. The number of anilines is 1. The maximum absolute atomic E-state index is 13.1. The van der Waals surface area contributed by atoms with Crippen LogP contribution in [0.3, 0.4) is 0 Å². The van der Waals surface area contributed by atoms with Gasteiger partial charge in [0.25, 0.3) is 0 Å². The van der Waals surface area contributed by atoms with Crippen molar-refractivity contribution in [3.8, 4) is 16.9 Å². The Morgan fingerprint density at radius 2 is 1.72 bits per heavy atom. The van der Waals surface area contributed by atoms with Crippen LogP contribution in [0.1, 0.15) is 30.5 Å². The van der Waals surface area contributed by atoms with Gasteiger partial charge >= 0.3 is 0 Å². The van der Waals surface area contributed by atoms with E-state index in [0.29, 0.717) is 6.61 Å². The van der Waals surface area contributed by atoms with Gasteiger partial charge in [0.15, 0.2) is 0 Å². The van der Waals surface area contributed by atoms with Crippen LogP contribution >= 0.6 is 0 Å². The first kappa shape index (κ1) is 23.4. The first-order chi connectivity index (χ1) is 17.5. The van der Waals surface area contributed by atoms with Crippen molar-refractivity contribution in [3.63, 3.8) is 0 Å². The highest BCUT2D eigenvalue weighted by Crippen LogP contribution is 2.41. The minimum atomic E-state index is -0.185. The summed E-state index contributed by atoms with van der Waals surface area (Å²) in [6.07, 6.45) is 3.44. The van der Waals surface area contributed by atoms with E-state index in [4.69, 9.17) is 9.15 Å². The van der Waals surface area contributed by atoms with E-state index in [1.54, 1.807) is 12.3 Å². The summed E-state index contributed by atoms with van der Waals surface area (Å²) in [5.41, 5.74) is 7.51. The molecule has 0 aliphatic heterocycles. The molecule has 5 rings (SSSR count). The summed E-state index contributed by atoms with van der Waals surface area (Å²) in [6, 6.07) is 24.4. The van der Waals surface area contributed by atoms with Gasteiger partial charge in [-0.25, -0.2) is 0 Å². The van der Waals surface area contributed by atoms with Gasteiger partial charge in [0.1, 0.15) is 11.3 Å². The number of ether oxygens (including phenoxy) is 1. The topological polar surface area (TPSA) is 51.5 Å². The molecule has 0 aliphatic carbocycles. The monoisotopic (exact) mass is 475 g/mol. The zero-order valence-electron chi connectivity index (χ0n) is 21.0. The van der Waals surface area contributed by atoms with E-state index >= 15 is 0 Å². The fourth-order valence-electron chi connectivity index (χ4n) is 4.67. The van der Waals surface area contributed by atoms with Crippen molar-refractivity contribution in [2.45, 2.75) is 27.7 Å². The second-order valence-electron chi connectivity index (χ2n) is 9.05. The van der Waals surface area contributed by atoms with Gasteiger partial charge in [0, 0.05) is 39.2 Å². The van der Waals surface area contributed by atoms with E-state index in [0.717, 1.165) is 61.0 Å². The molecule has 1 heterocycles. The Morgan fingerprint density at radius 1 is 0.972 bits per heavy atom. The molecule has 0 aliphatic rings. The number of fused-ring (bicyclic) bond motifs is 2. The molecule has 0 radical (unpaired) electrons. The van der Waals surface area contributed by atoms with Crippen molar-refractivity contribution in [1.29, 1.82) is 0 Å². The smallest absolute Gasteiger partial charge is 0.248 e. The fourth-order valence-corrected chi connectivity index (χ4v) is 4.67. The van der Waals surface area contributed by atoms with Gasteiger partial charge < -0.3 is 14.5 Å². The predicted molar refractivity (Wildman–Crippen MR) is 149 cm³/mol. The molecule has 0 spiro atoms. The number of furan rings is 1. The Morgan fingerprint density at radius 3 is 2.50 bits per heavy atom. The van der Waals surface area contributed by atoms with Crippen molar-refractivity contribution < 1.29 is 13.9 Å². The zero-order chi connectivity index (χ0) is 25.2. The maximum Gasteiger partial charge on any atom is 0.248 e. The molecule has 36 heavy (non-hydrogen) atoms. The van der Waals surface area contributed by atoms with E-state index in [1.165, 1.54) is 5.56 Å². The molecule has 1 amide bonds. The van der Waals surface area contributed by atoms with E-state index in [2.05, 4.69) is 42.6 Å². The number of aryl methyl sites for hydroxylation is 2. The number of rotatable bonds is 6. The summed E-state index contributed by atoms with van der Waals surface area (Å²) in [4.78, 5) is 13.1. The molecule has 0 saturated carbocycles. The molecular weight excluding hydrogens is 446 g/mol. The molecular formula is C32H29NO3. The van der Waals surface area contributed by atoms with Crippen LogP contribution < -0.4 is 10.1 Å². The number of hydrogen-bond acceptors (Lipinski definition) is 3. The van der Waals surface area contributed by atoms with Gasteiger partial charge in [0.05, 0.1) is 12.9 Å². The number of nitrogens with one attached hydrogen (secondary N) is 1. The van der Waals surface area contributed by atoms with E-state index < -0.39 is 0 Å². The van der Waals surface area contributed by atoms with Gasteiger partial charge in [0.2, 0.25) is 5.91 Å². The highest BCUT2D eigenvalue weighted by molar-refractivity contribution is 6.09. The second-order valence-corrected chi connectivity index (χ2v) is 9.05. The van der Waals surface area contributed by atoms with Crippen LogP contribution in [0.2, 0.25) is 0 Å². The SMILES string of the molecule is CCOc1c(/C(C)=C/C(=O)Nc2cccc3ccccc23)cc2c(-c3ccc(C)cc3)coc2c1C. The Hall–Kier alpha value is -4.31. The minimum absolute atomic E-state index is 0.185. The third-order valence-electron chi connectivity index (χ3n) is 6.52. The second kappa shape index (κ2) is 9.74. The van der Waals surface area contributed by atoms with E-state index in [-0.39, 0.29) is 5.91 Å². The van der Waals surface area contributed by atoms with Crippen molar-refractivity contribution in [1.82, 2.24) is 0 Å². The number of carbonyl (C=O) groups is 1. The van der Waals surface area contributed by atoms with Gasteiger partial charge in [-0.3, -0.25) is 4.79 Å². The Labute approximate surface area is 211 Å². The molecule has 5 aromatic rings. The van der Waals surface area contributed by atoms with E-state index in [1.807, 2.05) is 63.2 Å². The van der Waals surface area contributed by atoms with Crippen LogP contribution in [-0.4, -0.2) is 12.5 Å². The summed E-state index contributed by atoms with van der Waals surface area (Å²) < 4.78 is 12.1. The van der Waals surface area contributed by atoms with Gasteiger partial charge in [-0.2, -0.15) is 0 Å². The summed E-state index contributed by atoms with van der Waals surface area (Å²) in [5.74, 6) is 0.552. The molecule has 4 heteroatoms. The van der Waals surface area contributed by atoms with Crippen LogP contribution in [0.15, 0.2) is 89.6 Å². The average molecular weight is 476 g/mol. The lowest BCUT2D eigenvalue weighted by molar-refractivity contribution is -0.111. The van der Waals surface area contributed by atoms with Crippen LogP contribution in [0.4, 0.5) is 5.69 Å². The molecule has 0 atom stereocenters. The van der Waals surface area contributed by atoms with Crippen molar-refractivity contribution in [3.05, 3.63) is 102 Å². The summed E-state index contributed by atoms with van der Waals surface area (Å²) in [6.45, 7) is 8.49. The number of allylic oxidation sites excluding steroid dienone is 1. The zero-order valence-corrected chi connectivity index (χ0v) is 21.0. The van der Waals surface area contributed by atoms with Crippen molar-refractivity contribution in [2.75, 3.05) is 11.9 Å². The van der Waals surface area contributed by atoms with Crippen LogP contribution in [-0.2, 0) is 4.79 Å². The van der Waals surface area contributed by atoms with Gasteiger partial charge in [-0.05, 0) is 56.4 Å². The molecule has 4 aromatic carbocycles. The highest BCUT2D eigenvalue weighted by Gasteiger charge is 2.19. The first-order valence-corrected chi connectivity index (χ1v) is 12.2. The third-order valence-corrected chi connectivity index (χ3v) is 6.52. The summed E-state index contributed by atoms with van der Waals surface area (Å²) in [5, 5.41) is 6.14. The summed E-state index contributed by atoms with van der Waals surface area (Å²) in [7, 11) is 0. The standard InChI is InChI=1S/C32H29NO3/c1-5-35-31-22(4)32-27(28(19-36-32)24-15-13-20(2)14-16-24)18-26(31)21(3)17-30(34)33-29-12-8-10-23-9-6-7-11-25(23)29/h6-19H,5H2,1-4H3,(H,33,34)/b21-17+. The number of carbonyl (C=O) groups excluding carboxylic acids is 1. The maximum atomic E-state index is 13.1. The van der Waals surface area contributed by atoms with Crippen molar-refractivity contribution in [2.24, 2.45) is 0 Å². The highest BCUT2D eigenvalue weighted by atomic mass is 16.5. The summed E-state index contributed by atoms with van der Waals surface area (Å²) >= 11 is 0. The average Bonchev–Trinajstić information content (AvgIpc) is 3.30. The lowest BCUT2D eigenvalue weighted by atomic mass is 9.96. The molecule has 1 aromatic heterocycles. The molecule has 0 fully saturated rings. The largest absolute Gasteiger partial charge is 0.493 e. The lowest BCUT2D eigenvalue weighted by Gasteiger charge is -2.15. The number of benzene rings is 4. The van der Waals surface area contributed by atoms with Crippen LogP contribution in [0.25, 0.3) is 38.4 Å². The minimum Gasteiger partial charge on any atom is -0.493 e. The third kappa shape index (κ3) is 4.38. The number of amides is 1. The molecule has 1 N–H and O–H groups in total. The van der Waals surface area contributed by atoms with Gasteiger partial charge in [-0.15, -0.1) is 0 Å². The van der Waals surface area contributed by atoms with E-state index in [9.17, 15) is 4.79 Å². The van der Waals surface area contributed by atoms with Crippen LogP contribution in [0, 0.1) is 13.8 Å². The quantitative estimate of drug-likeness (QED) is 0.251. The molecule has 0 saturated heterocycles. The predicted octanol–water partition coefficient (Wildman–Crippen LogP) is 8.31. The fraction of sp³-hybridized carbons (Fsp3) is 0.156. The normalized spacial score (nSPS) is 11.7. The Kier molecular flexibility index (Phi) is 6.34. The first-order valence-electron chi connectivity index (χ1n) is 12.2. The lowest BCUT2D eigenvalue weighted by Crippen LogP contribution is -2.09. The van der Waals surface area contributed by atoms with Gasteiger partial charge in [-0.1, -0.05) is 66.2 Å². The molecule has 4 nitrogen and oxygen atoms in total. The number of hydrogen-bond donors (Lipinski definition) is 1. The van der Waals surface area contributed by atoms with Crippen molar-refractivity contribution >= 4 is 38.9 Å². The molecule has 0 bridgehead atoms. The molecule has 180 valence electrons.